The lowest BCUT2D eigenvalue weighted by Gasteiger charge is -2.17. The van der Waals surface area contributed by atoms with Gasteiger partial charge in [0.15, 0.2) is 0 Å². The molecule has 26 heavy (non-hydrogen) atoms. The van der Waals surface area contributed by atoms with E-state index in [2.05, 4.69) is 10.3 Å². The lowest BCUT2D eigenvalue weighted by molar-refractivity contribution is -0.121. The first kappa shape index (κ1) is 18.6. The van der Waals surface area contributed by atoms with E-state index < -0.39 is 29.7 Å². The van der Waals surface area contributed by atoms with E-state index in [0.29, 0.717) is 12.0 Å². The van der Waals surface area contributed by atoms with Crippen molar-refractivity contribution in [1.29, 1.82) is 0 Å². The Morgan fingerprint density at radius 3 is 3.00 bits per heavy atom. The molecule has 3 N–H and O–H groups in total. The molecule has 2 aromatic heterocycles. The number of ether oxygens (including phenoxy) is 1. The Hall–Kier alpha value is -2.23. The number of nitrogens with one attached hydrogen (secondary N) is 2. The van der Waals surface area contributed by atoms with E-state index in [1.807, 2.05) is 23.8 Å². The van der Waals surface area contributed by atoms with Gasteiger partial charge < -0.3 is 15.2 Å². The summed E-state index contributed by atoms with van der Waals surface area (Å²) in [4.78, 5) is 37.9. The fourth-order valence-electron chi connectivity index (χ4n) is 2.92. The minimum absolute atomic E-state index is 0.152. The van der Waals surface area contributed by atoms with Crippen LogP contribution in [-0.2, 0) is 22.4 Å². The van der Waals surface area contributed by atoms with E-state index in [-0.39, 0.29) is 25.3 Å². The predicted octanol–water partition coefficient (Wildman–Crippen LogP) is 0.168. The number of carbonyl (C=O) groups excluding carboxylic acids is 1. The van der Waals surface area contributed by atoms with Gasteiger partial charge in [0.25, 0.3) is 5.56 Å². The van der Waals surface area contributed by atoms with Gasteiger partial charge >= 0.3 is 5.69 Å². The summed E-state index contributed by atoms with van der Waals surface area (Å²) in [5.41, 5.74) is 0.413. The van der Waals surface area contributed by atoms with Gasteiger partial charge in [-0.05, 0) is 28.8 Å². The number of thiophene rings is 1. The highest BCUT2D eigenvalue weighted by molar-refractivity contribution is 7.07. The van der Waals surface area contributed by atoms with Crippen molar-refractivity contribution in [2.24, 2.45) is 0 Å². The lowest BCUT2D eigenvalue weighted by Crippen LogP contribution is -2.38. The molecule has 1 aliphatic rings. The van der Waals surface area contributed by atoms with E-state index in [9.17, 15) is 19.5 Å². The molecule has 0 radical (unpaired) electrons. The molecule has 0 aliphatic carbocycles. The highest BCUT2D eigenvalue weighted by Gasteiger charge is 2.35. The number of aliphatic hydroxyl groups excluding tert-OH is 1. The van der Waals surface area contributed by atoms with E-state index in [4.69, 9.17) is 4.74 Å². The molecule has 0 bridgehead atoms. The number of aliphatic hydroxyl groups is 1. The molecule has 3 heterocycles. The van der Waals surface area contributed by atoms with Crippen LogP contribution < -0.4 is 16.6 Å². The van der Waals surface area contributed by atoms with E-state index in [0.717, 1.165) is 5.56 Å². The molecule has 9 heteroatoms. The van der Waals surface area contributed by atoms with E-state index in [1.54, 1.807) is 0 Å². The fourth-order valence-corrected chi connectivity index (χ4v) is 3.59. The zero-order valence-electron chi connectivity index (χ0n) is 14.3. The quantitative estimate of drug-likeness (QED) is 0.662. The molecule has 1 amide bonds. The minimum atomic E-state index is -0.814. The van der Waals surface area contributed by atoms with Gasteiger partial charge in [0.2, 0.25) is 5.91 Å². The summed E-state index contributed by atoms with van der Waals surface area (Å²) in [6, 6.07) is 1.88. The Kier molecular flexibility index (Phi) is 5.70. The Morgan fingerprint density at radius 2 is 2.31 bits per heavy atom. The molecule has 3 atom stereocenters. The lowest BCUT2D eigenvalue weighted by atomic mass is 10.1. The number of rotatable bonds is 6. The summed E-state index contributed by atoms with van der Waals surface area (Å²) in [5, 5.41) is 16.8. The largest absolute Gasteiger partial charge is 0.390 e. The number of hydrogen-bond donors (Lipinski definition) is 3. The number of H-pyrrole nitrogens is 1. The van der Waals surface area contributed by atoms with Crippen molar-refractivity contribution in [3.05, 3.63) is 55.0 Å². The van der Waals surface area contributed by atoms with Gasteiger partial charge in [-0.2, -0.15) is 11.3 Å². The molecule has 3 rings (SSSR count). The molecule has 1 saturated heterocycles. The van der Waals surface area contributed by atoms with Crippen LogP contribution in [0.3, 0.4) is 0 Å². The van der Waals surface area contributed by atoms with Crippen molar-refractivity contribution in [2.75, 3.05) is 6.54 Å². The molecule has 1 fully saturated rings. The van der Waals surface area contributed by atoms with E-state index >= 15 is 0 Å². The molecule has 0 spiro atoms. The number of nitrogens with zero attached hydrogens (tertiary/aromatic N) is 1. The third-order valence-electron chi connectivity index (χ3n) is 4.38. The van der Waals surface area contributed by atoms with Gasteiger partial charge in [-0.15, -0.1) is 0 Å². The molecule has 0 aromatic carbocycles. The first-order valence-corrected chi connectivity index (χ1v) is 9.37. The second kappa shape index (κ2) is 7.98. The van der Waals surface area contributed by atoms with Gasteiger partial charge in [0, 0.05) is 24.7 Å². The topological polar surface area (TPSA) is 113 Å². The Labute approximate surface area is 153 Å². The third-order valence-corrected chi connectivity index (χ3v) is 5.11. The van der Waals surface area contributed by atoms with Gasteiger partial charge in [0.1, 0.15) is 12.3 Å². The summed E-state index contributed by atoms with van der Waals surface area (Å²) in [6.45, 7) is 1.97. The number of aromatic amines is 1. The van der Waals surface area contributed by atoms with Gasteiger partial charge in [-0.25, -0.2) is 4.79 Å². The maximum absolute atomic E-state index is 12.0. The van der Waals surface area contributed by atoms with Crippen molar-refractivity contribution in [2.45, 2.75) is 44.6 Å². The van der Waals surface area contributed by atoms with Gasteiger partial charge in [-0.3, -0.25) is 19.1 Å². The predicted molar refractivity (Wildman–Crippen MR) is 96.3 cm³/mol. The maximum Gasteiger partial charge on any atom is 0.330 e. The van der Waals surface area contributed by atoms with Crippen LogP contribution >= 0.6 is 11.3 Å². The summed E-state index contributed by atoms with van der Waals surface area (Å²) in [5.74, 6) is -0.155. The number of amides is 1. The Balaban J connectivity index is 1.62. The average Bonchev–Trinajstić information content (AvgIpc) is 3.23. The molecular formula is C17H21N3O5S. The highest BCUT2D eigenvalue weighted by atomic mass is 32.1. The number of hydrogen-bond acceptors (Lipinski definition) is 6. The Morgan fingerprint density at radius 1 is 1.50 bits per heavy atom. The summed E-state index contributed by atoms with van der Waals surface area (Å²) >= 11 is 1.53. The minimum Gasteiger partial charge on any atom is -0.390 e. The van der Waals surface area contributed by atoms with Gasteiger partial charge in [-0.1, -0.05) is 6.92 Å². The summed E-state index contributed by atoms with van der Waals surface area (Å²) in [6.07, 6.45) is 0.317. The molecule has 8 nitrogen and oxygen atoms in total. The summed E-state index contributed by atoms with van der Waals surface area (Å²) in [7, 11) is 0. The third kappa shape index (κ3) is 4.12. The first-order chi connectivity index (χ1) is 12.5. The molecular weight excluding hydrogens is 358 g/mol. The van der Waals surface area contributed by atoms with Crippen LogP contribution in [0.15, 0.2) is 32.6 Å². The standard InChI is InChI=1S/C17H21N3O5S/c1-2-11-8-20(17(24)19-16(11)23)15-6-12(21)13(25-15)7-18-14(22)5-10-3-4-26-9-10/h3-4,8-9,12-13,15,21H,2,5-7H2,1H3,(H,18,22)(H,19,23,24)/t12-,13+,15+/m0/s1. The number of carbonyl (C=O) groups is 1. The monoisotopic (exact) mass is 379 g/mol. The molecule has 1 aliphatic heterocycles. The zero-order valence-corrected chi connectivity index (χ0v) is 15.1. The van der Waals surface area contributed by atoms with Crippen LogP contribution in [0.1, 0.15) is 30.7 Å². The zero-order chi connectivity index (χ0) is 18.7. The van der Waals surface area contributed by atoms with Crippen LogP contribution in [0.2, 0.25) is 0 Å². The summed E-state index contributed by atoms with van der Waals surface area (Å²) < 4.78 is 7.03. The van der Waals surface area contributed by atoms with Crippen molar-refractivity contribution in [3.8, 4) is 0 Å². The number of aryl methyl sites for hydroxylation is 1. The molecule has 2 aromatic rings. The van der Waals surface area contributed by atoms with Crippen molar-refractivity contribution in [3.63, 3.8) is 0 Å². The Bertz CT molecular complexity index is 873. The van der Waals surface area contributed by atoms with Crippen LogP contribution in [0.5, 0.6) is 0 Å². The van der Waals surface area contributed by atoms with E-state index in [1.165, 1.54) is 22.1 Å². The van der Waals surface area contributed by atoms with Crippen LogP contribution in [-0.4, -0.2) is 39.3 Å². The smallest absolute Gasteiger partial charge is 0.330 e. The molecule has 140 valence electrons. The molecule has 0 saturated carbocycles. The van der Waals surface area contributed by atoms with Crippen LogP contribution in [0, 0.1) is 0 Å². The van der Waals surface area contributed by atoms with Crippen LogP contribution in [0.4, 0.5) is 0 Å². The van der Waals surface area contributed by atoms with Crippen LogP contribution in [0.25, 0.3) is 0 Å². The normalized spacial score (nSPS) is 22.5. The maximum atomic E-state index is 12.0. The second-order valence-corrected chi connectivity index (χ2v) is 7.00. The van der Waals surface area contributed by atoms with Crippen molar-refractivity contribution < 1.29 is 14.6 Å². The SMILES string of the molecule is CCc1cn([C@H]2C[C@H](O)[C@@H](CNC(=O)Cc3ccsc3)O2)c(=O)[nH]c1=O. The average molecular weight is 379 g/mol. The highest BCUT2D eigenvalue weighted by Crippen LogP contribution is 2.27. The first-order valence-electron chi connectivity index (χ1n) is 8.43. The molecule has 0 unspecified atom stereocenters. The van der Waals surface area contributed by atoms with Crippen molar-refractivity contribution >= 4 is 17.2 Å². The van der Waals surface area contributed by atoms with Gasteiger partial charge in [0.05, 0.1) is 12.5 Å². The number of aromatic nitrogens is 2. The fraction of sp³-hybridized carbons (Fsp3) is 0.471. The van der Waals surface area contributed by atoms with Crippen molar-refractivity contribution in [1.82, 2.24) is 14.9 Å². The second-order valence-electron chi connectivity index (χ2n) is 6.22.